The summed E-state index contributed by atoms with van der Waals surface area (Å²) in [6.45, 7) is -1.28. The molecule has 138 valence electrons. The number of nitro groups is 2. The van der Waals surface area contributed by atoms with Crippen LogP contribution in [0.25, 0.3) is 0 Å². The van der Waals surface area contributed by atoms with Gasteiger partial charge in [0.2, 0.25) is 0 Å². The number of rotatable bonds is 7. The molecule has 0 saturated carbocycles. The molecule has 2 aromatic rings. The molecular formula is C15H12F3N3O5. The van der Waals surface area contributed by atoms with Gasteiger partial charge < -0.3 is 10.1 Å². The predicted molar refractivity (Wildman–Crippen MR) is 85.1 cm³/mol. The van der Waals surface area contributed by atoms with E-state index >= 15 is 0 Å². The molecule has 2 aromatic carbocycles. The van der Waals surface area contributed by atoms with Crippen molar-refractivity contribution in [1.29, 1.82) is 0 Å². The van der Waals surface area contributed by atoms with E-state index in [-0.39, 0.29) is 18.0 Å². The lowest BCUT2D eigenvalue weighted by Gasteiger charge is -2.10. The minimum atomic E-state index is -4.44. The fourth-order valence-corrected chi connectivity index (χ4v) is 2.00. The quantitative estimate of drug-likeness (QED) is 0.581. The molecule has 11 heteroatoms. The fourth-order valence-electron chi connectivity index (χ4n) is 2.00. The van der Waals surface area contributed by atoms with Crippen LogP contribution in [0.5, 0.6) is 5.75 Å². The third-order valence-corrected chi connectivity index (χ3v) is 3.20. The lowest BCUT2D eigenvalue weighted by atomic mass is 10.2. The van der Waals surface area contributed by atoms with Crippen LogP contribution in [0.4, 0.5) is 30.2 Å². The number of alkyl halides is 3. The number of non-ortho nitro benzene ring substituents is 1. The molecule has 0 radical (unpaired) electrons. The second-order valence-electron chi connectivity index (χ2n) is 5.12. The van der Waals surface area contributed by atoms with Gasteiger partial charge in [-0.2, -0.15) is 13.2 Å². The Balaban J connectivity index is 2.04. The van der Waals surface area contributed by atoms with E-state index in [4.69, 9.17) is 0 Å². The zero-order chi connectivity index (χ0) is 19.3. The van der Waals surface area contributed by atoms with Gasteiger partial charge in [-0.3, -0.25) is 20.2 Å². The van der Waals surface area contributed by atoms with Gasteiger partial charge in [0.25, 0.3) is 11.4 Å². The van der Waals surface area contributed by atoms with E-state index in [1.165, 1.54) is 30.3 Å². The molecule has 0 aliphatic rings. The summed E-state index contributed by atoms with van der Waals surface area (Å²) in [6, 6.07) is 8.86. The van der Waals surface area contributed by atoms with E-state index in [1.54, 1.807) is 0 Å². The summed E-state index contributed by atoms with van der Waals surface area (Å²) in [7, 11) is 0. The lowest BCUT2D eigenvalue weighted by molar-refractivity contribution is -0.393. The first-order chi connectivity index (χ1) is 12.2. The summed E-state index contributed by atoms with van der Waals surface area (Å²) in [6.07, 6.45) is -4.44. The Kier molecular flexibility index (Phi) is 5.60. The second-order valence-corrected chi connectivity index (χ2v) is 5.12. The van der Waals surface area contributed by atoms with Gasteiger partial charge in [0.15, 0.2) is 6.61 Å². The highest BCUT2D eigenvalue weighted by Crippen LogP contribution is 2.29. The number of hydrogen-bond acceptors (Lipinski definition) is 6. The topological polar surface area (TPSA) is 108 Å². The standard InChI is InChI=1S/C15H12F3N3O5/c16-15(17,18)9-26-12-4-1-10(2-5-12)8-19-13-6-3-11(20(22)23)7-14(13)21(24)25/h1-7,19H,8-9H2. The number of halogens is 3. The molecule has 0 heterocycles. The van der Waals surface area contributed by atoms with E-state index in [0.717, 1.165) is 12.1 Å². The maximum atomic E-state index is 12.1. The molecule has 2 rings (SSSR count). The number of benzene rings is 2. The maximum Gasteiger partial charge on any atom is 0.422 e. The van der Waals surface area contributed by atoms with Crippen molar-refractivity contribution in [3.05, 3.63) is 68.3 Å². The van der Waals surface area contributed by atoms with Gasteiger partial charge in [-0.05, 0) is 23.8 Å². The van der Waals surface area contributed by atoms with E-state index in [0.29, 0.717) is 5.56 Å². The first kappa shape index (κ1) is 19.0. The summed E-state index contributed by atoms with van der Waals surface area (Å²) < 4.78 is 40.8. The van der Waals surface area contributed by atoms with Crippen molar-refractivity contribution in [2.75, 3.05) is 11.9 Å². The highest BCUT2D eigenvalue weighted by Gasteiger charge is 2.28. The van der Waals surface area contributed by atoms with Crippen molar-refractivity contribution in [2.24, 2.45) is 0 Å². The molecule has 8 nitrogen and oxygen atoms in total. The molecule has 0 saturated heterocycles. The van der Waals surface area contributed by atoms with E-state index in [2.05, 4.69) is 10.1 Å². The third kappa shape index (κ3) is 5.33. The van der Waals surface area contributed by atoms with Crippen LogP contribution >= 0.6 is 0 Å². The second kappa shape index (κ2) is 7.68. The first-order valence-electron chi connectivity index (χ1n) is 7.11. The van der Waals surface area contributed by atoms with Gasteiger partial charge in [0.1, 0.15) is 11.4 Å². The number of anilines is 1. The summed E-state index contributed by atoms with van der Waals surface area (Å²) in [5, 5.41) is 24.5. The van der Waals surface area contributed by atoms with Gasteiger partial charge in [-0.15, -0.1) is 0 Å². The third-order valence-electron chi connectivity index (χ3n) is 3.20. The minimum Gasteiger partial charge on any atom is -0.484 e. The number of nitrogens with zero attached hydrogens (tertiary/aromatic N) is 2. The Hall–Kier alpha value is -3.37. The van der Waals surface area contributed by atoms with Crippen LogP contribution in [-0.4, -0.2) is 22.6 Å². The van der Waals surface area contributed by atoms with Crippen LogP contribution in [0.15, 0.2) is 42.5 Å². The molecule has 0 bridgehead atoms. The SMILES string of the molecule is O=[N+]([O-])c1ccc(NCc2ccc(OCC(F)(F)F)cc2)c([N+](=O)[O-])c1. The van der Waals surface area contributed by atoms with Gasteiger partial charge in [-0.25, -0.2) is 0 Å². The van der Waals surface area contributed by atoms with Crippen LogP contribution < -0.4 is 10.1 Å². The molecule has 0 aliphatic heterocycles. The van der Waals surface area contributed by atoms with Crippen LogP contribution in [0.1, 0.15) is 5.56 Å². The Labute approximate surface area is 144 Å². The average molecular weight is 371 g/mol. The van der Waals surface area contributed by atoms with Crippen molar-refractivity contribution in [3.63, 3.8) is 0 Å². The van der Waals surface area contributed by atoms with Gasteiger partial charge in [0, 0.05) is 12.6 Å². The van der Waals surface area contributed by atoms with Crippen LogP contribution in [0.3, 0.4) is 0 Å². The largest absolute Gasteiger partial charge is 0.484 e. The Morgan fingerprint density at radius 1 is 1.00 bits per heavy atom. The van der Waals surface area contributed by atoms with Crippen molar-refractivity contribution < 1.29 is 27.8 Å². The van der Waals surface area contributed by atoms with Crippen molar-refractivity contribution in [2.45, 2.75) is 12.7 Å². The first-order valence-corrected chi connectivity index (χ1v) is 7.11. The number of ether oxygens (including phenoxy) is 1. The van der Waals surface area contributed by atoms with Gasteiger partial charge in [0.05, 0.1) is 15.9 Å². The molecule has 0 atom stereocenters. The van der Waals surface area contributed by atoms with Crippen LogP contribution in [-0.2, 0) is 6.54 Å². The Morgan fingerprint density at radius 3 is 2.19 bits per heavy atom. The van der Waals surface area contributed by atoms with Crippen molar-refractivity contribution in [3.8, 4) is 5.75 Å². The Bertz CT molecular complexity index is 809. The monoisotopic (exact) mass is 371 g/mol. The Morgan fingerprint density at radius 2 is 1.65 bits per heavy atom. The predicted octanol–water partition coefficient (Wildman–Crippen LogP) is 4.06. The molecule has 0 unspecified atom stereocenters. The van der Waals surface area contributed by atoms with Crippen LogP contribution in [0, 0.1) is 20.2 Å². The summed E-state index contributed by atoms with van der Waals surface area (Å²) in [4.78, 5) is 20.2. The molecule has 1 N–H and O–H groups in total. The number of hydrogen-bond donors (Lipinski definition) is 1. The van der Waals surface area contributed by atoms with Gasteiger partial charge in [-0.1, -0.05) is 12.1 Å². The van der Waals surface area contributed by atoms with E-state index < -0.39 is 34.0 Å². The van der Waals surface area contributed by atoms with Crippen LogP contribution in [0.2, 0.25) is 0 Å². The van der Waals surface area contributed by atoms with Crippen molar-refractivity contribution >= 4 is 17.1 Å². The maximum absolute atomic E-state index is 12.1. The molecule has 0 spiro atoms. The summed E-state index contributed by atoms with van der Waals surface area (Å²) in [5.74, 6) is 0.0346. The highest BCUT2D eigenvalue weighted by atomic mass is 19.4. The molecule has 0 fully saturated rings. The average Bonchev–Trinajstić information content (AvgIpc) is 2.58. The van der Waals surface area contributed by atoms with Crippen molar-refractivity contribution in [1.82, 2.24) is 0 Å². The molecule has 0 amide bonds. The normalized spacial score (nSPS) is 11.0. The van der Waals surface area contributed by atoms with E-state index in [9.17, 15) is 33.4 Å². The molecule has 26 heavy (non-hydrogen) atoms. The molecule has 0 aromatic heterocycles. The zero-order valence-corrected chi connectivity index (χ0v) is 13.0. The molecular weight excluding hydrogens is 359 g/mol. The minimum absolute atomic E-state index is 0.0346. The lowest BCUT2D eigenvalue weighted by Crippen LogP contribution is -2.19. The summed E-state index contributed by atoms with van der Waals surface area (Å²) >= 11 is 0. The number of nitro benzene ring substituents is 2. The van der Waals surface area contributed by atoms with E-state index in [1.807, 2.05) is 0 Å². The number of nitrogens with one attached hydrogen (secondary N) is 1. The highest BCUT2D eigenvalue weighted by molar-refractivity contribution is 5.65. The molecule has 0 aliphatic carbocycles. The summed E-state index contributed by atoms with van der Waals surface area (Å²) in [5.41, 5.74) is -0.159. The smallest absolute Gasteiger partial charge is 0.422 e. The zero-order valence-electron chi connectivity index (χ0n) is 13.0. The van der Waals surface area contributed by atoms with Gasteiger partial charge >= 0.3 is 6.18 Å². The fraction of sp³-hybridized carbons (Fsp3) is 0.200.